The number of ether oxygens (including phenoxy) is 1. The molecule has 0 spiro atoms. The normalized spacial score (nSPS) is 13.0. The van der Waals surface area contributed by atoms with Gasteiger partial charge in [0, 0.05) is 6.61 Å². The van der Waals surface area contributed by atoms with Gasteiger partial charge in [0.25, 0.3) is 0 Å². The molecule has 17 heavy (non-hydrogen) atoms. The minimum absolute atomic E-state index is 0.00495. The van der Waals surface area contributed by atoms with Crippen LogP contribution in [0.15, 0.2) is 24.3 Å². The lowest BCUT2D eigenvalue weighted by Gasteiger charge is -2.13. The molecule has 0 aromatic heterocycles. The van der Waals surface area contributed by atoms with E-state index in [0.717, 1.165) is 25.0 Å². The monoisotopic (exact) mass is 235 g/mol. The summed E-state index contributed by atoms with van der Waals surface area (Å²) in [5.41, 5.74) is 8.60. The molecule has 2 heteroatoms. The molecule has 0 radical (unpaired) electrons. The summed E-state index contributed by atoms with van der Waals surface area (Å²) in [6.07, 6.45) is 2.17. The van der Waals surface area contributed by atoms with Crippen LogP contribution in [-0.4, -0.2) is 13.2 Å². The standard InChI is InChI=1S/C15H25NO/c1-4-9-17-11-15(16)14-7-5-13(6-8-14)10-12(2)3/h5-8,12,15H,4,9-11,16H2,1-3H3. The van der Waals surface area contributed by atoms with Crippen LogP contribution in [0, 0.1) is 5.92 Å². The van der Waals surface area contributed by atoms with Crippen molar-refractivity contribution in [3.05, 3.63) is 35.4 Å². The van der Waals surface area contributed by atoms with E-state index in [0.29, 0.717) is 12.5 Å². The molecule has 0 bridgehead atoms. The molecule has 0 amide bonds. The second kappa shape index (κ2) is 7.46. The van der Waals surface area contributed by atoms with Gasteiger partial charge in [-0.2, -0.15) is 0 Å². The third-order valence-corrected chi connectivity index (χ3v) is 2.70. The number of hydrogen-bond acceptors (Lipinski definition) is 2. The molecule has 96 valence electrons. The van der Waals surface area contributed by atoms with Crippen LogP contribution in [0.3, 0.4) is 0 Å². The molecule has 0 aliphatic rings. The summed E-state index contributed by atoms with van der Waals surface area (Å²) >= 11 is 0. The van der Waals surface area contributed by atoms with Crippen LogP contribution in [0.1, 0.15) is 44.4 Å². The van der Waals surface area contributed by atoms with Gasteiger partial charge in [-0.3, -0.25) is 0 Å². The highest BCUT2D eigenvalue weighted by Crippen LogP contribution is 2.14. The number of benzene rings is 1. The Morgan fingerprint density at radius 2 is 1.82 bits per heavy atom. The van der Waals surface area contributed by atoms with E-state index in [4.69, 9.17) is 10.5 Å². The van der Waals surface area contributed by atoms with Crippen molar-refractivity contribution in [2.75, 3.05) is 13.2 Å². The van der Waals surface area contributed by atoms with E-state index in [1.165, 1.54) is 5.56 Å². The molecular formula is C15H25NO. The fraction of sp³-hybridized carbons (Fsp3) is 0.600. The van der Waals surface area contributed by atoms with E-state index in [9.17, 15) is 0 Å². The topological polar surface area (TPSA) is 35.2 Å². The maximum atomic E-state index is 6.06. The Hall–Kier alpha value is -0.860. The molecule has 1 rings (SSSR count). The number of rotatable bonds is 7. The van der Waals surface area contributed by atoms with Crippen molar-refractivity contribution < 1.29 is 4.74 Å². The highest BCUT2D eigenvalue weighted by atomic mass is 16.5. The average Bonchev–Trinajstić information content (AvgIpc) is 2.29. The lowest BCUT2D eigenvalue weighted by molar-refractivity contribution is 0.121. The predicted octanol–water partition coefficient (Wildman–Crippen LogP) is 3.31. The van der Waals surface area contributed by atoms with Gasteiger partial charge in [0.15, 0.2) is 0 Å². The van der Waals surface area contributed by atoms with E-state index in [-0.39, 0.29) is 6.04 Å². The van der Waals surface area contributed by atoms with E-state index < -0.39 is 0 Å². The quantitative estimate of drug-likeness (QED) is 0.736. The van der Waals surface area contributed by atoms with Crippen LogP contribution in [0.25, 0.3) is 0 Å². The molecule has 1 atom stereocenters. The summed E-state index contributed by atoms with van der Waals surface area (Å²) in [4.78, 5) is 0. The molecule has 1 aromatic carbocycles. The summed E-state index contributed by atoms with van der Waals surface area (Å²) in [7, 11) is 0. The second-order valence-corrected chi connectivity index (χ2v) is 5.02. The van der Waals surface area contributed by atoms with Crippen LogP contribution in [0.5, 0.6) is 0 Å². The molecular weight excluding hydrogens is 210 g/mol. The largest absolute Gasteiger partial charge is 0.379 e. The summed E-state index contributed by atoms with van der Waals surface area (Å²) < 4.78 is 5.47. The molecule has 0 aliphatic carbocycles. The fourth-order valence-electron chi connectivity index (χ4n) is 1.82. The van der Waals surface area contributed by atoms with Crippen molar-refractivity contribution in [3.8, 4) is 0 Å². The van der Waals surface area contributed by atoms with E-state index >= 15 is 0 Å². The highest BCUT2D eigenvalue weighted by Gasteiger charge is 2.06. The molecule has 2 nitrogen and oxygen atoms in total. The first-order chi connectivity index (χ1) is 8.13. The molecule has 1 aromatic rings. The molecule has 1 unspecified atom stereocenters. The van der Waals surface area contributed by atoms with Crippen molar-refractivity contribution in [2.45, 2.75) is 39.7 Å². The molecule has 0 saturated carbocycles. The molecule has 0 saturated heterocycles. The Labute approximate surface area is 105 Å². The Balaban J connectivity index is 2.48. The Morgan fingerprint density at radius 3 is 2.35 bits per heavy atom. The van der Waals surface area contributed by atoms with Gasteiger partial charge < -0.3 is 10.5 Å². The maximum absolute atomic E-state index is 6.06. The first-order valence-electron chi connectivity index (χ1n) is 6.55. The van der Waals surface area contributed by atoms with Gasteiger partial charge in [-0.1, -0.05) is 45.0 Å². The van der Waals surface area contributed by atoms with Gasteiger partial charge in [0.2, 0.25) is 0 Å². The third-order valence-electron chi connectivity index (χ3n) is 2.70. The number of nitrogens with two attached hydrogens (primary N) is 1. The maximum Gasteiger partial charge on any atom is 0.0659 e. The minimum atomic E-state index is -0.00495. The average molecular weight is 235 g/mol. The summed E-state index contributed by atoms with van der Waals surface area (Å²) in [6, 6.07) is 8.59. The van der Waals surface area contributed by atoms with Gasteiger partial charge in [-0.15, -0.1) is 0 Å². The van der Waals surface area contributed by atoms with Crippen LogP contribution < -0.4 is 5.73 Å². The summed E-state index contributed by atoms with van der Waals surface area (Å²) in [6.45, 7) is 7.97. The smallest absolute Gasteiger partial charge is 0.0659 e. The number of hydrogen-bond donors (Lipinski definition) is 1. The Morgan fingerprint density at radius 1 is 1.18 bits per heavy atom. The zero-order chi connectivity index (χ0) is 12.7. The van der Waals surface area contributed by atoms with Gasteiger partial charge in [-0.25, -0.2) is 0 Å². The molecule has 0 aliphatic heterocycles. The van der Waals surface area contributed by atoms with Gasteiger partial charge in [0.05, 0.1) is 12.6 Å². The third kappa shape index (κ3) is 5.33. The first-order valence-corrected chi connectivity index (χ1v) is 6.55. The van der Waals surface area contributed by atoms with Crippen molar-refractivity contribution in [3.63, 3.8) is 0 Å². The van der Waals surface area contributed by atoms with Gasteiger partial charge >= 0.3 is 0 Å². The van der Waals surface area contributed by atoms with Gasteiger partial charge in [0.1, 0.15) is 0 Å². The Kier molecular flexibility index (Phi) is 6.23. The molecule has 0 fully saturated rings. The highest BCUT2D eigenvalue weighted by molar-refractivity contribution is 5.25. The van der Waals surface area contributed by atoms with Crippen LogP contribution in [-0.2, 0) is 11.2 Å². The van der Waals surface area contributed by atoms with Gasteiger partial charge in [-0.05, 0) is 29.9 Å². The minimum Gasteiger partial charge on any atom is -0.379 e. The zero-order valence-electron chi connectivity index (χ0n) is 11.3. The summed E-state index contributed by atoms with van der Waals surface area (Å²) in [5.74, 6) is 0.697. The summed E-state index contributed by atoms with van der Waals surface area (Å²) in [5, 5.41) is 0. The van der Waals surface area contributed by atoms with E-state index in [1.54, 1.807) is 0 Å². The van der Waals surface area contributed by atoms with Crippen molar-refractivity contribution in [1.29, 1.82) is 0 Å². The molecule has 0 heterocycles. The van der Waals surface area contributed by atoms with Crippen LogP contribution in [0.2, 0.25) is 0 Å². The first kappa shape index (κ1) is 14.2. The lowest BCUT2D eigenvalue weighted by Crippen LogP contribution is -2.17. The Bertz CT molecular complexity index is 305. The molecule has 2 N–H and O–H groups in total. The van der Waals surface area contributed by atoms with Crippen LogP contribution >= 0.6 is 0 Å². The van der Waals surface area contributed by atoms with E-state index in [2.05, 4.69) is 45.0 Å². The fourth-order valence-corrected chi connectivity index (χ4v) is 1.82. The van der Waals surface area contributed by atoms with Crippen LogP contribution in [0.4, 0.5) is 0 Å². The zero-order valence-corrected chi connectivity index (χ0v) is 11.3. The van der Waals surface area contributed by atoms with E-state index in [1.807, 2.05) is 0 Å². The predicted molar refractivity (Wildman–Crippen MR) is 73.0 cm³/mol. The van der Waals surface area contributed by atoms with Crippen molar-refractivity contribution in [1.82, 2.24) is 0 Å². The SMILES string of the molecule is CCCOCC(N)c1ccc(CC(C)C)cc1. The lowest BCUT2D eigenvalue weighted by atomic mass is 10.00. The van der Waals surface area contributed by atoms with Crippen molar-refractivity contribution >= 4 is 0 Å². The van der Waals surface area contributed by atoms with Crippen molar-refractivity contribution in [2.24, 2.45) is 11.7 Å². The second-order valence-electron chi connectivity index (χ2n) is 5.02.